The smallest absolute Gasteiger partial charge is 0.339 e. The minimum atomic E-state index is -1.03. The van der Waals surface area contributed by atoms with Gasteiger partial charge in [-0.3, -0.25) is 4.99 Å². The fraction of sp³-hybridized carbons (Fsp3) is 0.350. The number of hydrogen-bond acceptors (Lipinski definition) is 7. The molecule has 0 radical (unpaired) electrons. The van der Waals surface area contributed by atoms with Crippen LogP contribution in [0.4, 0.5) is 0 Å². The van der Waals surface area contributed by atoms with Gasteiger partial charge in [-0.2, -0.15) is 0 Å². The van der Waals surface area contributed by atoms with Crippen molar-refractivity contribution in [2.24, 2.45) is 16.1 Å². The highest BCUT2D eigenvalue weighted by molar-refractivity contribution is 8.16. The van der Waals surface area contributed by atoms with E-state index in [0.717, 1.165) is 26.4 Å². The Balaban J connectivity index is 1.77. The molecule has 28 heavy (non-hydrogen) atoms. The molecule has 0 bridgehead atoms. The molecule has 1 unspecified atom stereocenters. The molecule has 2 heterocycles. The first kappa shape index (κ1) is 20.4. The summed E-state index contributed by atoms with van der Waals surface area (Å²) in [7, 11) is 1.44. The highest BCUT2D eigenvalue weighted by atomic mass is 32.2. The number of hydrogen-bond donors (Lipinski definition) is 1. The third-order valence-electron chi connectivity index (χ3n) is 4.21. The number of methoxy groups -OCH3 is 1. The van der Waals surface area contributed by atoms with Crippen molar-refractivity contribution in [2.75, 3.05) is 7.11 Å². The van der Waals surface area contributed by atoms with E-state index in [1.54, 1.807) is 11.8 Å². The molecule has 8 heteroatoms. The van der Waals surface area contributed by atoms with Gasteiger partial charge in [-0.1, -0.05) is 36.8 Å². The van der Waals surface area contributed by atoms with E-state index in [4.69, 9.17) is 9.57 Å². The predicted molar refractivity (Wildman–Crippen MR) is 116 cm³/mol. The molecule has 0 aliphatic carbocycles. The van der Waals surface area contributed by atoms with E-state index in [9.17, 15) is 9.90 Å². The Morgan fingerprint density at radius 3 is 2.86 bits per heavy atom. The van der Waals surface area contributed by atoms with Crippen LogP contribution >= 0.6 is 23.1 Å². The highest BCUT2D eigenvalue weighted by Crippen LogP contribution is 2.33. The first-order valence-electron chi connectivity index (χ1n) is 8.78. The second-order valence-corrected chi connectivity index (χ2v) is 8.71. The molecule has 1 aromatic carbocycles. The maximum Gasteiger partial charge on any atom is 0.339 e. The van der Waals surface area contributed by atoms with Gasteiger partial charge in [-0.05, 0) is 30.5 Å². The molecule has 2 aromatic rings. The Bertz CT molecular complexity index is 976. The van der Waals surface area contributed by atoms with Crippen LogP contribution in [0.5, 0.6) is 0 Å². The van der Waals surface area contributed by atoms with Crippen LogP contribution in [-0.2, 0) is 21.0 Å². The van der Waals surface area contributed by atoms with E-state index in [2.05, 4.69) is 24.0 Å². The summed E-state index contributed by atoms with van der Waals surface area (Å²) < 4.78 is 5.93. The third kappa shape index (κ3) is 4.39. The Kier molecular flexibility index (Phi) is 6.41. The standard InChI is InChI=1S/C20H22N2O4S2/c1-11(2)18-21-12(3)19(28-18)22-26-8-13-5-6-17-14(7-13)16(10-27-17)15(9-25-4)20(23)24/h5-7,9-11,18H,8H2,1-4H3,(H,23,24). The summed E-state index contributed by atoms with van der Waals surface area (Å²) in [6.07, 6.45) is 1.25. The van der Waals surface area contributed by atoms with Crippen LogP contribution in [-0.4, -0.2) is 34.3 Å². The number of oxime groups is 1. The molecule has 1 N–H and O–H groups in total. The summed E-state index contributed by atoms with van der Waals surface area (Å²) in [6.45, 7) is 6.51. The molecule has 0 saturated carbocycles. The summed E-state index contributed by atoms with van der Waals surface area (Å²) in [5.74, 6) is -0.585. The van der Waals surface area contributed by atoms with Crippen molar-refractivity contribution in [3.8, 4) is 0 Å². The summed E-state index contributed by atoms with van der Waals surface area (Å²) >= 11 is 3.11. The van der Waals surface area contributed by atoms with Crippen molar-refractivity contribution in [3.63, 3.8) is 0 Å². The monoisotopic (exact) mass is 418 g/mol. The van der Waals surface area contributed by atoms with E-state index < -0.39 is 5.97 Å². The zero-order valence-corrected chi connectivity index (χ0v) is 17.8. The largest absolute Gasteiger partial charge is 0.503 e. The Morgan fingerprint density at radius 1 is 1.43 bits per heavy atom. The van der Waals surface area contributed by atoms with Gasteiger partial charge in [-0.25, -0.2) is 4.79 Å². The van der Waals surface area contributed by atoms with Gasteiger partial charge >= 0.3 is 5.97 Å². The zero-order valence-electron chi connectivity index (χ0n) is 16.1. The van der Waals surface area contributed by atoms with Crippen LogP contribution in [0.25, 0.3) is 15.7 Å². The minimum Gasteiger partial charge on any atom is -0.503 e. The molecule has 1 aliphatic heterocycles. The molecule has 1 aliphatic rings. The topological polar surface area (TPSA) is 80.5 Å². The van der Waals surface area contributed by atoms with Crippen LogP contribution in [0.3, 0.4) is 0 Å². The zero-order chi connectivity index (χ0) is 20.3. The van der Waals surface area contributed by atoms with Gasteiger partial charge in [0.1, 0.15) is 17.6 Å². The van der Waals surface area contributed by atoms with Crippen molar-refractivity contribution in [2.45, 2.75) is 32.8 Å². The van der Waals surface area contributed by atoms with Crippen LogP contribution in [0.2, 0.25) is 0 Å². The number of fused-ring (bicyclic) bond motifs is 1. The van der Waals surface area contributed by atoms with Crippen LogP contribution in [0.15, 0.2) is 40.0 Å². The number of rotatable bonds is 7. The maximum atomic E-state index is 11.5. The number of thioether (sulfide) groups is 1. The number of carboxylic acids is 1. The van der Waals surface area contributed by atoms with Gasteiger partial charge < -0.3 is 14.7 Å². The molecule has 0 fully saturated rings. The van der Waals surface area contributed by atoms with Crippen molar-refractivity contribution >= 4 is 55.5 Å². The number of nitrogens with zero attached hydrogens (tertiary/aromatic N) is 2. The lowest BCUT2D eigenvalue weighted by Crippen LogP contribution is -2.05. The molecule has 0 saturated heterocycles. The minimum absolute atomic E-state index is 0.126. The normalized spacial score (nSPS) is 18.8. The van der Waals surface area contributed by atoms with E-state index >= 15 is 0 Å². The van der Waals surface area contributed by atoms with Gasteiger partial charge in [0.25, 0.3) is 0 Å². The quantitative estimate of drug-likeness (QED) is 0.389. The first-order chi connectivity index (χ1) is 13.4. The van der Waals surface area contributed by atoms with Gasteiger partial charge in [-0.15, -0.1) is 11.3 Å². The van der Waals surface area contributed by atoms with Crippen molar-refractivity contribution < 1.29 is 19.5 Å². The number of ether oxygens (including phenoxy) is 1. The lowest BCUT2D eigenvalue weighted by atomic mass is 10.0. The fourth-order valence-electron chi connectivity index (χ4n) is 2.73. The van der Waals surface area contributed by atoms with Crippen molar-refractivity contribution in [1.82, 2.24) is 0 Å². The summed E-state index contributed by atoms with van der Waals surface area (Å²) in [6, 6.07) is 5.86. The molecule has 0 spiro atoms. The van der Waals surface area contributed by atoms with Crippen molar-refractivity contribution in [3.05, 3.63) is 41.0 Å². The number of carboxylic acid groups (broad SMARTS) is 1. The summed E-state index contributed by atoms with van der Waals surface area (Å²) in [5.41, 5.74) is 2.57. The van der Waals surface area contributed by atoms with Gasteiger partial charge in [0.2, 0.25) is 0 Å². The van der Waals surface area contributed by atoms with E-state index in [1.165, 1.54) is 24.7 Å². The Hall–Kier alpha value is -2.32. The van der Waals surface area contributed by atoms with Crippen LogP contribution in [0, 0.1) is 5.92 Å². The van der Waals surface area contributed by atoms with Crippen molar-refractivity contribution in [1.29, 1.82) is 0 Å². The third-order valence-corrected chi connectivity index (χ3v) is 6.65. The average Bonchev–Trinajstić information content (AvgIpc) is 3.23. The summed E-state index contributed by atoms with van der Waals surface area (Å²) in [5, 5.41) is 17.4. The van der Waals surface area contributed by atoms with E-state index in [0.29, 0.717) is 18.1 Å². The predicted octanol–water partition coefficient (Wildman–Crippen LogP) is 4.99. The highest BCUT2D eigenvalue weighted by Gasteiger charge is 2.25. The molecule has 0 amide bonds. The number of aliphatic imine (C=N–C) groups is 1. The molecule has 1 aromatic heterocycles. The number of benzene rings is 1. The molecule has 6 nitrogen and oxygen atoms in total. The molecular weight excluding hydrogens is 396 g/mol. The molecule has 148 valence electrons. The molecule has 3 rings (SSSR count). The number of thiophene rings is 1. The first-order valence-corrected chi connectivity index (χ1v) is 10.5. The fourth-order valence-corrected chi connectivity index (χ4v) is 4.70. The van der Waals surface area contributed by atoms with Crippen LogP contribution < -0.4 is 0 Å². The van der Waals surface area contributed by atoms with E-state index in [-0.39, 0.29) is 10.9 Å². The summed E-state index contributed by atoms with van der Waals surface area (Å²) in [4.78, 5) is 21.7. The lowest BCUT2D eigenvalue weighted by Gasteiger charge is -2.08. The number of aliphatic carboxylic acids is 1. The van der Waals surface area contributed by atoms with Gasteiger partial charge in [0.05, 0.1) is 19.1 Å². The maximum absolute atomic E-state index is 11.5. The van der Waals surface area contributed by atoms with Gasteiger partial charge in [0, 0.05) is 21.0 Å². The second kappa shape index (κ2) is 8.79. The second-order valence-electron chi connectivity index (χ2n) is 6.69. The van der Waals surface area contributed by atoms with Gasteiger partial charge in [0.15, 0.2) is 5.04 Å². The Labute approximate surface area is 171 Å². The molecular formula is C20H22N2O4S2. The van der Waals surface area contributed by atoms with Crippen LogP contribution in [0.1, 0.15) is 31.9 Å². The molecule has 1 atom stereocenters. The lowest BCUT2D eigenvalue weighted by molar-refractivity contribution is -0.130. The number of carbonyl (C=O) groups is 1. The van der Waals surface area contributed by atoms with E-state index in [1.807, 2.05) is 30.5 Å². The average molecular weight is 419 g/mol. The SMILES string of the molecule is COC=C(C(=O)O)c1csc2ccc(CON=C3SC(C(C)C)N=C3C)cc12. The Morgan fingerprint density at radius 2 is 2.21 bits per heavy atom.